The van der Waals surface area contributed by atoms with Gasteiger partial charge in [0, 0.05) is 22.4 Å². The Bertz CT molecular complexity index is 1070. The molecule has 0 fully saturated rings. The summed E-state index contributed by atoms with van der Waals surface area (Å²) in [5.74, 6) is 0. The SMILES string of the molecule is Cc1cc(N)ccc1N.Cc1ccccc1N.Nc1ccc2ccccc2c1N. The predicted molar refractivity (Wildman–Crippen MR) is 128 cm³/mol. The van der Waals surface area contributed by atoms with Crippen LogP contribution >= 0.6 is 0 Å². The molecule has 0 atom stereocenters. The van der Waals surface area contributed by atoms with Gasteiger partial charge in [-0.05, 0) is 60.7 Å². The molecule has 5 nitrogen and oxygen atoms in total. The zero-order valence-electron chi connectivity index (χ0n) is 16.9. The van der Waals surface area contributed by atoms with Crippen LogP contribution in [0.2, 0.25) is 0 Å². The van der Waals surface area contributed by atoms with E-state index < -0.39 is 0 Å². The highest BCUT2D eigenvalue weighted by molar-refractivity contribution is 5.98. The molecule has 5 heteroatoms. The van der Waals surface area contributed by atoms with Crippen molar-refractivity contribution in [3.05, 3.63) is 90.0 Å². The molecule has 0 aliphatic heterocycles. The second kappa shape index (κ2) is 9.90. The zero-order chi connectivity index (χ0) is 21.4. The van der Waals surface area contributed by atoms with Crippen molar-refractivity contribution in [1.82, 2.24) is 0 Å². The fraction of sp³-hybridized carbons (Fsp3) is 0.0833. The van der Waals surface area contributed by atoms with E-state index in [9.17, 15) is 0 Å². The summed E-state index contributed by atoms with van der Waals surface area (Å²) in [6, 6.07) is 25.0. The summed E-state index contributed by atoms with van der Waals surface area (Å²) in [6.45, 7) is 3.93. The maximum absolute atomic E-state index is 5.79. The zero-order valence-corrected chi connectivity index (χ0v) is 16.9. The summed E-state index contributed by atoms with van der Waals surface area (Å²) in [7, 11) is 0. The Kier molecular flexibility index (Phi) is 7.32. The molecule has 4 aromatic rings. The molecule has 0 saturated carbocycles. The maximum atomic E-state index is 5.79. The average Bonchev–Trinajstić information content (AvgIpc) is 2.71. The molecule has 4 aromatic carbocycles. The first-order chi connectivity index (χ1) is 13.8. The topological polar surface area (TPSA) is 130 Å². The number of hydrogen-bond donors (Lipinski definition) is 5. The van der Waals surface area contributed by atoms with Crippen molar-refractivity contribution in [1.29, 1.82) is 0 Å². The first kappa shape index (κ1) is 21.4. The lowest BCUT2D eigenvalue weighted by molar-refractivity contribution is 1.47. The van der Waals surface area contributed by atoms with Gasteiger partial charge in [-0.15, -0.1) is 0 Å². The Hall–Kier alpha value is -3.86. The van der Waals surface area contributed by atoms with Gasteiger partial charge in [-0.1, -0.05) is 48.5 Å². The van der Waals surface area contributed by atoms with Crippen molar-refractivity contribution in [2.45, 2.75) is 13.8 Å². The van der Waals surface area contributed by atoms with E-state index in [0.717, 1.165) is 39.0 Å². The first-order valence-corrected chi connectivity index (χ1v) is 9.25. The Morgan fingerprint density at radius 3 is 1.69 bits per heavy atom. The van der Waals surface area contributed by atoms with Crippen LogP contribution < -0.4 is 28.7 Å². The van der Waals surface area contributed by atoms with E-state index in [1.54, 1.807) is 6.07 Å². The van der Waals surface area contributed by atoms with E-state index in [1.165, 1.54) is 0 Å². The van der Waals surface area contributed by atoms with Crippen LogP contribution in [0.3, 0.4) is 0 Å². The van der Waals surface area contributed by atoms with Crippen molar-refractivity contribution >= 4 is 39.2 Å². The van der Waals surface area contributed by atoms with Gasteiger partial charge in [0.25, 0.3) is 0 Å². The molecule has 0 spiro atoms. The number of anilines is 5. The minimum Gasteiger partial charge on any atom is -0.399 e. The lowest BCUT2D eigenvalue weighted by Gasteiger charge is -2.03. The van der Waals surface area contributed by atoms with E-state index in [4.69, 9.17) is 28.7 Å². The summed E-state index contributed by atoms with van der Waals surface area (Å²) in [6.07, 6.45) is 0. The highest BCUT2D eigenvalue weighted by atomic mass is 14.7. The van der Waals surface area contributed by atoms with E-state index in [0.29, 0.717) is 11.4 Å². The lowest BCUT2D eigenvalue weighted by Crippen LogP contribution is -1.94. The van der Waals surface area contributed by atoms with Crippen LogP contribution in [0, 0.1) is 13.8 Å². The Morgan fingerprint density at radius 2 is 1.10 bits per heavy atom. The number of nitrogens with two attached hydrogens (primary N) is 5. The highest BCUT2D eigenvalue weighted by Crippen LogP contribution is 2.25. The van der Waals surface area contributed by atoms with Gasteiger partial charge in [0.05, 0.1) is 11.4 Å². The smallest absolute Gasteiger partial charge is 0.0627 e. The Morgan fingerprint density at radius 1 is 0.517 bits per heavy atom. The molecule has 0 aliphatic rings. The van der Waals surface area contributed by atoms with E-state index in [2.05, 4.69) is 0 Å². The maximum Gasteiger partial charge on any atom is 0.0627 e. The van der Waals surface area contributed by atoms with Gasteiger partial charge in [0.1, 0.15) is 0 Å². The van der Waals surface area contributed by atoms with Crippen molar-refractivity contribution in [3.8, 4) is 0 Å². The molecule has 0 bridgehead atoms. The van der Waals surface area contributed by atoms with Crippen LogP contribution in [-0.2, 0) is 0 Å². The number of rotatable bonds is 0. The number of nitrogen functional groups attached to an aromatic ring is 5. The second-order valence-corrected chi connectivity index (χ2v) is 6.76. The molecule has 10 N–H and O–H groups in total. The minimum atomic E-state index is 0.647. The van der Waals surface area contributed by atoms with Crippen LogP contribution in [0.4, 0.5) is 28.4 Å². The number of fused-ring (bicyclic) bond motifs is 1. The lowest BCUT2D eigenvalue weighted by atomic mass is 10.1. The molecule has 29 heavy (non-hydrogen) atoms. The molecule has 0 radical (unpaired) electrons. The van der Waals surface area contributed by atoms with Crippen molar-refractivity contribution in [2.24, 2.45) is 0 Å². The summed E-state index contributed by atoms with van der Waals surface area (Å²) in [5, 5.41) is 2.15. The van der Waals surface area contributed by atoms with Crippen LogP contribution in [0.25, 0.3) is 10.8 Å². The fourth-order valence-electron chi connectivity index (χ4n) is 2.60. The van der Waals surface area contributed by atoms with E-state index in [1.807, 2.05) is 86.6 Å². The molecule has 4 rings (SSSR count). The molecule has 0 saturated heterocycles. The number of benzene rings is 4. The quantitative estimate of drug-likeness (QED) is 0.278. The van der Waals surface area contributed by atoms with E-state index >= 15 is 0 Å². The van der Waals surface area contributed by atoms with Gasteiger partial charge in [0.15, 0.2) is 0 Å². The molecule has 0 aromatic heterocycles. The Labute approximate surface area is 172 Å². The third-order valence-corrected chi connectivity index (χ3v) is 4.49. The molecule has 0 aliphatic carbocycles. The van der Waals surface area contributed by atoms with E-state index in [-0.39, 0.29) is 0 Å². The van der Waals surface area contributed by atoms with Crippen molar-refractivity contribution in [3.63, 3.8) is 0 Å². The van der Waals surface area contributed by atoms with Crippen molar-refractivity contribution in [2.75, 3.05) is 28.7 Å². The van der Waals surface area contributed by atoms with Crippen molar-refractivity contribution < 1.29 is 0 Å². The predicted octanol–water partition coefficient (Wildman–Crippen LogP) is 4.74. The standard InChI is InChI=1S/C10H10N2.C7H10N2.C7H9N/c11-9-6-5-7-3-1-2-4-8(7)10(9)12;1-5-4-6(8)2-3-7(5)9;1-6-4-2-3-5-7(6)8/h1-6H,11-12H2;2-4H,8-9H2,1H3;2-5H,8H2,1H3. The third kappa shape index (κ3) is 6.07. The van der Waals surface area contributed by atoms with Gasteiger partial charge in [-0.2, -0.15) is 0 Å². The largest absolute Gasteiger partial charge is 0.399 e. The first-order valence-electron chi connectivity index (χ1n) is 9.25. The summed E-state index contributed by atoms with van der Waals surface area (Å²) >= 11 is 0. The Balaban J connectivity index is 0.000000160. The summed E-state index contributed by atoms with van der Waals surface area (Å²) in [5.41, 5.74) is 33.9. The molecule has 0 heterocycles. The number of para-hydroxylation sites is 1. The van der Waals surface area contributed by atoms with Gasteiger partial charge >= 0.3 is 0 Å². The molecular weight excluding hydrogens is 358 g/mol. The summed E-state index contributed by atoms with van der Waals surface area (Å²) in [4.78, 5) is 0. The average molecular weight is 388 g/mol. The van der Waals surface area contributed by atoms with Crippen LogP contribution in [0.5, 0.6) is 0 Å². The van der Waals surface area contributed by atoms with Crippen LogP contribution in [0.1, 0.15) is 11.1 Å². The van der Waals surface area contributed by atoms with Gasteiger partial charge in [-0.3, -0.25) is 0 Å². The number of aryl methyl sites for hydroxylation is 2. The minimum absolute atomic E-state index is 0.647. The molecule has 0 amide bonds. The molecule has 0 unspecified atom stereocenters. The van der Waals surface area contributed by atoms with Gasteiger partial charge in [-0.25, -0.2) is 0 Å². The fourth-order valence-corrected chi connectivity index (χ4v) is 2.60. The molecule has 150 valence electrons. The van der Waals surface area contributed by atoms with Gasteiger partial charge < -0.3 is 28.7 Å². The van der Waals surface area contributed by atoms with Crippen LogP contribution in [0.15, 0.2) is 78.9 Å². The van der Waals surface area contributed by atoms with Crippen LogP contribution in [-0.4, -0.2) is 0 Å². The third-order valence-electron chi connectivity index (χ3n) is 4.49. The summed E-state index contributed by atoms with van der Waals surface area (Å²) < 4.78 is 0. The number of hydrogen-bond acceptors (Lipinski definition) is 5. The normalized spacial score (nSPS) is 9.72. The second-order valence-electron chi connectivity index (χ2n) is 6.76. The highest BCUT2D eigenvalue weighted by Gasteiger charge is 1.98. The molecular formula is C24H29N5. The monoisotopic (exact) mass is 387 g/mol. The van der Waals surface area contributed by atoms with Gasteiger partial charge in [0.2, 0.25) is 0 Å².